The molecule has 116 valence electrons. The second-order valence-electron chi connectivity index (χ2n) is 7.22. The molecule has 21 heavy (non-hydrogen) atoms. The minimum absolute atomic E-state index is 0.00885. The van der Waals surface area contributed by atoms with Crippen LogP contribution in [-0.2, 0) is 4.74 Å². The van der Waals surface area contributed by atoms with Gasteiger partial charge in [0.2, 0.25) is 0 Å². The molecule has 0 amide bonds. The highest BCUT2D eigenvalue weighted by atomic mass is 16.5. The minimum Gasteiger partial charge on any atom is -0.376 e. The number of methoxy groups -OCH3 is 1. The van der Waals surface area contributed by atoms with Crippen molar-refractivity contribution in [3.63, 3.8) is 0 Å². The smallest absolute Gasteiger partial charge is 0.0870 e. The van der Waals surface area contributed by atoms with Gasteiger partial charge in [-0.15, -0.1) is 0 Å². The highest BCUT2D eigenvalue weighted by molar-refractivity contribution is 5.30. The van der Waals surface area contributed by atoms with Gasteiger partial charge in [-0.1, -0.05) is 37.6 Å². The van der Waals surface area contributed by atoms with E-state index in [0.717, 1.165) is 24.7 Å². The molecule has 0 radical (unpaired) electrons. The third-order valence-electron chi connectivity index (χ3n) is 5.97. The Balaban J connectivity index is 1.74. The molecule has 3 rings (SSSR count). The van der Waals surface area contributed by atoms with Crippen LogP contribution in [0.2, 0.25) is 0 Å². The van der Waals surface area contributed by atoms with Gasteiger partial charge in [-0.2, -0.15) is 0 Å². The molecule has 0 bridgehead atoms. The average Bonchev–Trinajstić information content (AvgIpc) is 2.47. The summed E-state index contributed by atoms with van der Waals surface area (Å²) < 4.78 is 5.93. The van der Waals surface area contributed by atoms with Gasteiger partial charge in [0.25, 0.3) is 0 Å². The molecule has 0 aromatic heterocycles. The van der Waals surface area contributed by atoms with E-state index in [1.165, 1.54) is 43.2 Å². The molecule has 2 aliphatic carbocycles. The van der Waals surface area contributed by atoms with Crippen molar-refractivity contribution in [3.05, 3.63) is 35.4 Å². The Kier molecular flexibility index (Phi) is 4.37. The number of ether oxygens (including phenoxy) is 1. The number of nitrogens with two attached hydrogens (primary N) is 1. The van der Waals surface area contributed by atoms with Crippen LogP contribution in [-0.4, -0.2) is 12.7 Å². The third kappa shape index (κ3) is 2.89. The molecule has 2 heteroatoms. The lowest BCUT2D eigenvalue weighted by atomic mass is 9.73. The Bertz CT molecular complexity index is 455. The second-order valence-corrected chi connectivity index (χ2v) is 7.22. The molecule has 1 unspecified atom stereocenters. The Morgan fingerprint density at radius 1 is 1.10 bits per heavy atom. The van der Waals surface area contributed by atoms with Crippen molar-refractivity contribution >= 4 is 0 Å². The van der Waals surface area contributed by atoms with E-state index in [4.69, 9.17) is 10.5 Å². The molecule has 1 atom stereocenters. The number of rotatable bonds is 4. The van der Waals surface area contributed by atoms with Gasteiger partial charge in [0, 0.05) is 7.11 Å². The van der Waals surface area contributed by atoms with Crippen molar-refractivity contribution in [3.8, 4) is 0 Å². The molecule has 2 fully saturated rings. The SMILES string of the molecule is COC1(C(N)c2ccc(C3CCC3)cc2)CCC(C)CC1. The van der Waals surface area contributed by atoms with Gasteiger partial charge in [0.1, 0.15) is 0 Å². The summed E-state index contributed by atoms with van der Waals surface area (Å²) in [6, 6.07) is 9.03. The lowest BCUT2D eigenvalue weighted by Crippen LogP contribution is -2.45. The summed E-state index contributed by atoms with van der Waals surface area (Å²) in [5.41, 5.74) is 9.16. The Morgan fingerprint density at radius 2 is 1.71 bits per heavy atom. The van der Waals surface area contributed by atoms with Crippen LogP contribution in [0.25, 0.3) is 0 Å². The predicted molar refractivity (Wildman–Crippen MR) is 87.3 cm³/mol. The third-order valence-corrected chi connectivity index (χ3v) is 5.97. The van der Waals surface area contributed by atoms with Gasteiger partial charge >= 0.3 is 0 Å². The first kappa shape index (κ1) is 15.1. The molecule has 2 nitrogen and oxygen atoms in total. The van der Waals surface area contributed by atoms with Gasteiger partial charge in [0.05, 0.1) is 11.6 Å². The summed E-state index contributed by atoms with van der Waals surface area (Å²) >= 11 is 0. The molecular formula is C19H29NO. The second kappa shape index (κ2) is 6.10. The van der Waals surface area contributed by atoms with E-state index in [-0.39, 0.29) is 11.6 Å². The van der Waals surface area contributed by atoms with Crippen molar-refractivity contribution in [2.24, 2.45) is 11.7 Å². The van der Waals surface area contributed by atoms with E-state index in [2.05, 4.69) is 31.2 Å². The van der Waals surface area contributed by atoms with Gasteiger partial charge in [-0.25, -0.2) is 0 Å². The predicted octanol–water partition coefficient (Wildman–Crippen LogP) is 4.55. The van der Waals surface area contributed by atoms with E-state index in [1.807, 2.05) is 7.11 Å². The topological polar surface area (TPSA) is 35.2 Å². The number of hydrogen-bond donors (Lipinski definition) is 1. The van der Waals surface area contributed by atoms with E-state index < -0.39 is 0 Å². The lowest BCUT2D eigenvalue weighted by Gasteiger charge is -2.42. The van der Waals surface area contributed by atoms with Gasteiger partial charge in [0.15, 0.2) is 0 Å². The van der Waals surface area contributed by atoms with Crippen LogP contribution in [0.3, 0.4) is 0 Å². The lowest BCUT2D eigenvalue weighted by molar-refractivity contribution is -0.0672. The first-order chi connectivity index (χ1) is 10.1. The first-order valence-corrected chi connectivity index (χ1v) is 8.55. The van der Waals surface area contributed by atoms with Crippen LogP contribution in [0, 0.1) is 5.92 Å². The zero-order valence-corrected chi connectivity index (χ0v) is 13.5. The van der Waals surface area contributed by atoms with Gasteiger partial charge < -0.3 is 10.5 Å². The zero-order chi connectivity index (χ0) is 14.9. The van der Waals surface area contributed by atoms with Crippen LogP contribution in [0.5, 0.6) is 0 Å². The molecule has 2 saturated carbocycles. The van der Waals surface area contributed by atoms with Crippen LogP contribution in [0.15, 0.2) is 24.3 Å². The van der Waals surface area contributed by atoms with Crippen LogP contribution < -0.4 is 5.73 Å². The van der Waals surface area contributed by atoms with Crippen molar-refractivity contribution in [1.29, 1.82) is 0 Å². The molecule has 2 aliphatic rings. The number of hydrogen-bond acceptors (Lipinski definition) is 2. The maximum atomic E-state index is 6.61. The minimum atomic E-state index is -0.162. The summed E-state index contributed by atoms with van der Waals surface area (Å²) in [4.78, 5) is 0. The Labute approximate surface area is 129 Å². The van der Waals surface area contributed by atoms with Crippen LogP contribution in [0.4, 0.5) is 0 Å². The van der Waals surface area contributed by atoms with E-state index in [9.17, 15) is 0 Å². The van der Waals surface area contributed by atoms with Crippen molar-refractivity contribution in [2.75, 3.05) is 7.11 Å². The fraction of sp³-hybridized carbons (Fsp3) is 0.684. The van der Waals surface area contributed by atoms with Crippen LogP contribution in [0.1, 0.15) is 75.0 Å². The molecular weight excluding hydrogens is 258 g/mol. The number of benzene rings is 1. The van der Waals surface area contributed by atoms with Crippen molar-refractivity contribution in [2.45, 2.75) is 69.4 Å². The summed E-state index contributed by atoms with van der Waals surface area (Å²) in [5.74, 6) is 1.60. The summed E-state index contributed by atoms with van der Waals surface area (Å²) in [5, 5.41) is 0. The highest BCUT2D eigenvalue weighted by Crippen LogP contribution is 2.42. The fourth-order valence-electron chi connectivity index (χ4n) is 3.91. The molecule has 1 aromatic carbocycles. The molecule has 0 saturated heterocycles. The monoisotopic (exact) mass is 287 g/mol. The molecule has 0 spiro atoms. The largest absolute Gasteiger partial charge is 0.376 e. The Hall–Kier alpha value is -0.860. The highest BCUT2D eigenvalue weighted by Gasteiger charge is 2.40. The molecule has 0 aliphatic heterocycles. The Morgan fingerprint density at radius 3 is 2.19 bits per heavy atom. The zero-order valence-electron chi connectivity index (χ0n) is 13.5. The summed E-state index contributed by atoms with van der Waals surface area (Å²) in [7, 11) is 1.83. The fourth-order valence-corrected chi connectivity index (χ4v) is 3.91. The quantitative estimate of drug-likeness (QED) is 0.881. The van der Waals surface area contributed by atoms with Gasteiger partial charge in [-0.05, 0) is 61.5 Å². The van der Waals surface area contributed by atoms with Crippen LogP contribution >= 0.6 is 0 Å². The average molecular weight is 287 g/mol. The normalized spacial score (nSPS) is 31.7. The molecule has 1 aromatic rings. The van der Waals surface area contributed by atoms with E-state index in [0.29, 0.717) is 0 Å². The molecule has 0 heterocycles. The summed E-state index contributed by atoms with van der Waals surface area (Å²) in [6.07, 6.45) is 8.70. The summed E-state index contributed by atoms with van der Waals surface area (Å²) in [6.45, 7) is 2.33. The van der Waals surface area contributed by atoms with Gasteiger partial charge in [-0.3, -0.25) is 0 Å². The van der Waals surface area contributed by atoms with Crippen molar-refractivity contribution < 1.29 is 4.74 Å². The van der Waals surface area contributed by atoms with E-state index >= 15 is 0 Å². The maximum Gasteiger partial charge on any atom is 0.0870 e. The standard InChI is InChI=1S/C19H29NO/c1-14-10-12-19(21-2,13-11-14)18(20)17-8-6-16(7-9-17)15-4-3-5-15/h6-9,14-15,18H,3-5,10-13,20H2,1-2H3. The first-order valence-electron chi connectivity index (χ1n) is 8.55. The van der Waals surface area contributed by atoms with E-state index in [1.54, 1.807) is 0 Å². The molecule has 2 N–H and O–H groups in total. The van der Waals surface area contributed by atoms with Crippen molar-refractivity contribution in [1.82, 2.24) is 0 Å². The maximum absolute atomic E-state index is 6.61.